The van der Waals surface area contributed by atoms with Gasteiger partial charge in [0.2, 0.25) is 0 Å². The molecule has 0 aliphatic carbocycles. The summed E-state index contributed by atoms with van der Waals surface area (Å²) in [5, 5.41) is 9.93. The first-order chi connectivity index (χ1) is 10.1. The Morgan fingerprint density at radius 1 is 1.14 bits per heavy atom. The van der Waals surface area contributed by atoms with E-state index in [0.29, 0.717) is 21.8 Å². The van der Waals surface area contributed by atoms with Crippen LogP contribution in [0.25, 0.3) is 22.2 Å². The predicted octanol–water partition coefficient (Wildman–Crippen LogP) is 5.33. The normalized spacial score (nSPS) is 10.6. The average molecular weight is 362 g/mol. The maximum Gasteiger partial charge on any atom is 0.152 e. The molecule has 0 atom stereocenters. The molecule has 2 aromatic carbocycles. The fourth-order valence-electron chi connectivity index (χ4n) is 2.12. The van der Waals surface area contributed by atoms with Crippen LogP contribution in [-0.2, 0) is 0 Å². The molecule has 1 heterocycles. The third kappa shape index (κ3) is 2.51. The zero-order valence-electron chi connectivity index (χ0n) is 10.6. The van der Waals surface area contributed by atoms with Crippen molar-refractivity contribution in [3.8, 4) is 17.3 Å². The molecule has 5 heteroatoms. The summed E-state index contributed by atoms with van der Waals surface area (Å²) >= 11 is 9.22. The van der Waals surface area contributed by atoms with Gasteiger partial charge in [-0.2, -0.15) is 5.26 Å². The van der Waals surface area contributed by atoms with E-state index in [4.69, 9.17) is 11.6 Å². The minimum atomic E-state index is -0.595. The number of nitrogens with zero attached hydrogens (tertiary/aromatic N) is 2. The Hall–Kier alpha value is -1.96. The van der Waals surface area contributed by atoms with E-state index in [1.54, 1.807) is 24.3 Å². The molecule has 0 aliphatic rings. The standard InChI is InChI=1S/C16H7BrClFN2/c17-10-3-1-9(2-4-10)16-13(8-20)15(19)12-7-11(18)5-6-14(12)21-16/h1-7H. The van der Waals surface area contributed by atoms with E-state index in [1.165, 1.54) is 6.07 Å². The zero-order chi connectivity index (χ0) is 15.0. The summed E-state index contributed by atoms with van der Waals surface area (Å²) in [4.78, 5) is 4.41. The number of aromatic nitrogens is 1. The van der Waals surface area contributed by atoms with E-state index in [9.17, 15) is 9.65 Å². The van der Waals surface area contributed by atoms with Crippen LogP contribution < -0.4 is 0 Å². The van der Waals surface area contributed by atoms with Gasteiger partial charge in [0.1, 0.15) is 11.6 Å². The molecule has 0 N–H and O–H groups in total. The van der Waals surface area contributed by atoms with Gasteiger partial charge in [0.15, 0.2) is 5.82 Å². The lowest BCUT2D eigenvalue weighted by molar-refractivity contribution is 0.635. The summed E-state index contributed by atoms with van der Waals surface area (Å²) in [6.07, 6.45) is 0. The van der Waals surface area contributed by atoms with Gasteiger partial charge in [-0.15, -0.1) is 0 Å². The molecule has 0 bridgehead atoms. The van der Waals surface area contributed by atoms with Crippen molar-refractivity contribution < 1.29 is 4.39 Å². The number of rotatable bonds is 1. The summed E-state index contributed by atoms with van der Waals surface area (Å²) < 4.78 is 15.4. The van der Waals surface area contributed by atoms with Crippen LogP contribution in [0.15, 0.2) is 46.9 Å². The SMILES string of the molecule is N#Cc1c(-c2ccc(Br)cc2)nc2ccc(Cl)cc2c1F. The summed E-state index contributed by atoms with van der Waals surface area (Å²) in [6.45, 7) is 0. The van der Waals surface area contributed by atoms with Crippen LogP contribution in [-0.4, -0.2) is 4.98 Å². The highest BCUT2D eigenvalue weighted by atomic mass is 79.9. The predicted molar refractivity (Wildman–Crippen MR) is 84.6 cm³/mol. The number of nitriles is 1. The zero-order valence-corrected chi connectivity index (χ0v) is 12.9. The Morgan fingerprint density at radius 3 is 2.52 bits per heavy atom. The first-order valence-electron chi connectivity index (χ1n) is 6.05. The van der Waals surface area contributed by atoms with E-state index in [1.807, 2.05) is 18.2 Å². The Kier molecular flexibility index (Phi) is 3.62. The summed E-state index contributed by atoms with van der Waals surface area (Å²) in [7, 11) is 0. The topological polar surface area (TPSA) is 36.7 Å². The van der Waals surface area contributed by atoms with Crippen molar-refractivity contribution in [1.29, 1.82) is 5.26 Å². The minimum absolute atomic E-state index is 0.0768. The van der Waals surface area contributed by atoms with Gasteiger partial charge in [-0.1, -0.05) is 39.7 Å². The lowest BCUT2D eigenvalue weighted by Crippen LogP contribution is -1.96. The molecule has 3 rings (SSSR count). The van der Waals surface area contributed by atoms with Crippen molar-refractivity contribution in [1.82, 2.24) is 4.98 Å². The first kappa shape index (κ1) is 14.0. The van der Waals surface area contributed by atoms with Crippen molar-refractivity contribution >= 4 is 38.4 Å². The van der Waals surface area contributed by atoms with E-state index in [2.05, 4.69) is 20.9 Å². The molecule has 1 aromatic heterocycles. The molecular formula is C16H7BrClFN2. The Morgan fingerprint density at radius 2 is 1.86 bits per heavy atom. The first-order valence-corrected chi connectivity index (χ1v) is 7.22. The highest BCUT2D eigenvalue weighted by Crippen LogP contribution is 2.30. The number of hydrogen-bond donors (Lipinski definition) is 0. The molecule has 0 fully saturated rings. The summed E-state index contributed by atoms with van der Waals surface area (Å²) in [6, 6.07) is 13.9. The smallest absolute Gasteiger partial charge is 0.152 e. The van der Waals surface area contributed by atoms with Gasteiger partial charge >= 0.3 is 0 Å². The molecule has 0 radical (unpaired) electrons. The number of benzene rings is 2. The van der Waals surface area contributed by atoms with Crippen LogP contribution in [0.1, 0.15) is 5.56 Å². The monoisotopic (exact) mass is 360 g/mol. The van der Waals surface area contributed by atoms with Crippen molar-refractivity contribution in [3.63, 3.8) is 0 Å². The number of halogens is 3. The molecule has 0 aliphatic heterocycles. The van der Waals surface area contributed by atoms with E-state index in [-0.39, 0.29) is 10.9 Å². The van der Waals surface area contributed by atoms with Gasteiger partial charge in [0, 0.05) is 20.4 Å². The Labute approximate surface area is 133 Å². The highest BCUT2D eigenvalue weighted by Gasteiger charge is 2.16. The van der Waals surface area contributed by atoms with Crippen LogP contribution in [0, 0.1) is 17.1 Å². The van der Waals surface area contributed by atoms with Crippen LogP contribution in [0.2, 0.25) is 5.02 Å². The van der Waals surface area contributed by atoms with Gasteiger partial charge in [-0.05, 0) is 30.3 Å². The van der Waals surface area contributed by atoms with E-state index < -0.39 is 5.82 Å². The van der Waals surface area contributed by atoms with Crippen LogP contribution in [0.5, 0.6) is 0 Å². The van der Waals surface area contributed by atoms with Gasteiger partial charge < -0.3 is 0 Å². The molecule has 0 unspecified atom stereocenters. The highest BCUT2D eigenvalue weighted by molar-refractivity contribution is 9.10. The second-order valence-corrected chi connectivity index (χ2v) is 5.78. The van der Waals surface area contributed by atoms with E-state index >= 15 is 0 Å². The van der Waals surface area contributed by atoms with Crippen molar-refractivity contribution in [2.24, 2.45) is 0 Å². The quantitative estimate of drug-likeness (QED) is 0.587. The second-order valence-electron chi connectivity index (χ2n) is 4.43. The number of pyridine rings is 1. The molecule has 21 heavy (non-hydrogen) atoms. The van der Waals surface area contributed by atoms with Gasteiger partial charge in [-0.25, -0.2) is 9.37 Å². The number of hydrogen-bond acceptors (Lipinski definition) is 2. The van der Waals surface area contributed by atoms with Gasteiger partial charge in [0.05, 0.1) is 11.2 Å². The van der Waals surface area contributed by atoms with Crippen molar-refractivity contribution in [3.05, 3.63) is 63.3 Å². The van der Waals surface area contributed by atoms with Crippen LogP contribution >= 0.6 is 27.5 Å². The number of fused-ring (bicyclic) bond motifs is 1. The molecular weight excluding hydrogens is 355 g/mol. The molecule has 2 nitrogen and oxygen atoms in total. The Balaban J connectivity index is 2.35. The van der Waals surface area contributed by atoms with Crippen molar-refractivity contribution in [2.75, 3.05) is 0 Å². The molecule has 0 saturated carbocycles. The maximum absolute atomic E-state index is 14.5. The maximum atomic E-state index is 14.5. The summed E-state index contributed by atoms with van der Waals surface area (Å²) in [5.41, 5.74) is 1.41. The lowest BCUT2D eigenvalue weighted by atomic mass is 10.0. The second kappa shape index (κ2) is 5.44. The van der Waals surface area contributed by atoms with Crippen molar-refractivity contribution in [2.45, 2.75) is 0 Å². The average Bonchev–Trinajstić information content (AvgIpc) is 2.48. The fourth-order valence-corrected chi connectivity index (χ4v) is 2.55. The van der Waals surface area contributed by atoms with Gasteiger partial charge in [0.25, 0.3) is 0 Å². The summed E-state index contributed by atoms with van der Waals surface area (Å²) in [5.74, 6) is -0.595. The molecule has 3 aromatic rings. The molecule has 0 spiro atoms. The fraction of sp³-hybridized carbons (Fsp3) is 0. The molecule has 0 amide bonds. The van der Waals surface area contributed by atoms with Crippen LogP contribution in [0.4, 0.5) is 4.39 Å². The van der Waals surface area contributed by atoms with Gasteiger partial charge in [-0.3, -0.25) is 0 Å². The third-order valence-corrected chi connectivity index (χ3v) is 3.88. The minimum Gasteiger partial charge on any atom is -0.246 e. The van der Waals surface area contributed by atoms with E-state index in [0.717, 1.165) is 4.47 Å². The third-order valence-electron chi connectivity index (χ3n) is 3.11. The van der Waals surface area contributed by atoms with Crippen LogP contribution in [0.3, 0.4) is 0 Å². The lowest BCUT2D eigenvalue weighted by Gasteiger charge is -2.08. The molecule has 0 saturated heterocycles. The Bertz CT molecular complexity index is 885. The molecule has 102 valence electrons. The largest absolute Gasteiger partial charge is 0.246 e.